The highest BCUT2D eigenvalue weighted by Gasteiger charge is 2.37. The minimum absolute atomic E-state index is 0.234. The fraction of sp³-hybridized carbons (Fsp3) is 0.167. The standard InChI is InChI=1S/C18H15ClFN5OS/c1-10-22-23-18-25(10)24-15(11-6-8-12(20)9-7-11)16(27-18)17(26)21-14-5-3-2-4-13(14)19/h2-9,15-16,24H,1H3,(H,21,26)/t15-,16-/m1/s1. The summed E-state index contributed by atoms with van der Waals surface area (Å²) in [5, 5.41) is 11.5. The van der Waals surface area contributed by atoms with Crippen LogP contribution in [0.2, 0.25) is 5.02 Å². The molecule has 4 rings (SSSR count). The number of nitrogens with one attached hydrogen (secondary N) is 2. The van der Waals surface area contributed by atoms with Gasteiger partial charge in [-0.05, 0) is 36.8 Å². The van der Waals surface area contributed by atoms with E-state index in [4.69, 9.17) is 11.6 Å². The van der Waals surface area contributed by atoms with Crippen molar-refractivity contribution in [1.29, 1.82) is 0 Å². The Morgan fingerprint density at radius 3 is 2.70 bits per heavy atom. The van der Waals surface area contributed by atoms with Crippen molar-refractivity contribution in [2.45, 2.75) is 23.4 Å². The van der Waals surface area contributed by atoms with E-state index in [2.05, 4.69) is 20.9 Å². The summed E-state index contributed by atoms with van der Waals surface area (Å²) in [7, 11) is 0. The quantitative estimate of drug-likeness (QED) is 0.696. The van der Waals surface area contributed by atoms with E-state index in [0.29, 0.717) is 21.7 Å². The molecule has 27 heavy (non-hydrogen) atoms. The number of amides is 1. The second-order valence-electron chi connectivity index (χ2n) is 6.03. The van der Waals surface area contributed by atoms with Crippen molar-refractivity contribution in [3.63, 3.8) is 0 Å². The van der Waals surface area contributed by atoms with E-state index in [9.17, 15) is 9.18 Å². The van der Waals surface area contributed by atoms with Crippen LogP contribution in [-0.4, -0.2) is 26.0 Å². The summed E-state index contributed by atoms with van der Waals surface area (Å²) < 4.78 is 15.1. The van der Waals surface area contributed by atoms with Crippen LogP contribution in [-0.2, 0) is 4.79 Å². The van der Waals surface area contributed by atoms with Crippen LogP contribution in [0.3, 0.4) is 0 Å². The van der Waals surface area contributed by atoms with Gasteiger partial charge in [-0.25, -0.2) is 9.07 Å². The van der Waals surface area contributed by atoms with Gasteiger partial charge in [0.05, 0.1) is 16.8 Å². The predicted molar refractivity (Wildman–Crippen MR) is 103 cm³/mol. The van der Waals surface area contributed by atoms with Crippen LogP contribution >= 0.6 is 23.4 Å². The van der Waals surface area contributed by atoms with Gasteiger partial charge in [0.1, 0.15) is 16.9 Å². The number of thioether (sulfide) groups is 1. The van der Waals surface area contributed by atoms with E-state index < -0.39 is 11.3 Å². The van der Waals surface area contributed by atoms with Crippen molar-refractivity contribution >= 4 is 35.0 Å². The van der Waals surface area contributed by atoms with Crippen molar-refractivity contribution in [1.82, 2.24) is 14.9 Å². The third-order valence-corrected chi connectivity index (χ3v) is 5.76. The molecule has 0 radical (unpaired) electrons. The van der Waals surface area contributed by atoms with Crippen LogP contribution in [0.1, 0.15) is 17.4 Å². The van der Waals surface area contributed by atoms with E-state index >= 15 is 0 Å². The topological polar surface area (TPSA) is 71.8 Å². The largest absolute Gasteiger partial charge is 0.324 e. The number of aryl methyl sites for hydroxylation is 1. The van der Waals surface area contributed by atoms with E-state index in [-0.39, 0.29) is 11.7 Å². The molecular formula is C18H15ClFN5OS. The third kappa shape index (κ3) is 3.50. The van der Waals surface area contributed by atoms with Crippen LogP contribution in [0.25, 0.3) is 0 Å². The Balaban J connectivity index is 1.68. The zero-order valence-electron chi connectivity index (χ0n) is 14.2. The van der Waals surface area contributed by atoms with Crippen molar-refractivity contribution in [2.24, 2.45) is 0 Å². The highest BCUT2D eigenvalue weighted by molar-refractivity contribution is 8.00. The summed E-state index contributed by atoms with van der Waals surface area (Å²) >= 11 is 7.45. The SMILES string of the molecule is Cc1nnc2n1N[C@H](c1ccc(F)cc1)[C@H](C(=O)Nc1ccccc1Cl)S2. The monoisotopic (exact) mass is 403 g/mol. The molecule has 0 saturated carbocycles. The Morgan fingerprint density at radius 2 is 1.96 bits per heavy atom. The molecule has 138 valence electrons. The van der Waals surface area contributed by atoms with Crippen molar-refractivity contribution in [3.05, 3.63) is 70.8 Å². The lowest BCUT2D eigenvalue weighted by atomic mass is 10.0. The summed E-state index contributed by atoms with van der Waals surface area (Å²) in [6.45, 7) is 1.82. The molecule has 1 amide bonds. The van der Waals surface area contributed by atoms with Gasteiger partial charge in [-0.1, -0.05) is 47.6 Å². The average molecular weight is 404 g/mol. The minimum atomic E-state index is -0.553. The number of anilines is 1. The number of rotatable bonds is 3. The molecule has 9 heteroatoms. The van der Waals surface area contributed by atoms with E-state index in [1.54, 1.807) is 41.1 Å². The Labute approximate surface area is 164 Å². The first-order valence-electron chi connectivity index (χ1n) is 8.19. The maximum Gasteiger partial charge on any atom is 0.240 e. The van der Waals surface area contributed by atoms with Crippen molar-refractivity contribution < 1.29 is 9.18 Å². The minimum Gasteiger partial charge on any atom is -0.324 e. The molecule has 2 N–H and O–H groups in total. The fourth-order valence-electron chi connectivity index (χ4n) is 2.85. The predicted octanol–water partition coefficient (Wildman–Crippen LogP) is 3.78. The molecule has 0 saturated heterocycles. The second-order valence-corrected chi connectivity index (χ2v) is 7.55. The van der Waals surface area contributed by atoms with Gasteiger partial charge in [0, 0.05) is 0 Å². The normalized spacial score (nSPS) is 18.5. The zero-order valence-corrected chi connectivity index (χ0v) is 15.8. The lowest BCUT2D eigenvalue weighted by molar-refractivity contribution is -0.116. The first-order valence-corrected chi connectivity index (χ1v) is 9.45. The first-order chi connectivity index (χ1) is 13.0. The number of para-hydroxylation sites is 1. The maximum absolute atomic E-state index is 13.4. The number of hydrogen-bond acceptors (Lipinski definition) is 5. The van der Waals surface area contributed by atoms with E-state index in [0.717, 1.165) is 5.56 Å². The third-order valence-electron chi connectivity index (χ3n) is 4.22. The lowest BCUT2D eigenvalue weighted by Gasteiger charge is -2.32. The number of fused-ring (bicyclic) bond motifs is 1. The summed E-state index contributed by atoms with van der Waals surface area (Å²) in [5.74, 6) is 0.108. The Bertz CT molecular complexity index is 994. The fourth-order valence-corrected chi connectivity index (χ4v) is 4.16. The van der Waals surface area contributed by atoms with Crippen LogP contribution in [0.4, 0.5) is 10.1 Å². The number of halogens is 2. The van der Waals surface area contributed by atoms with Gasteiger partial charge in [-0.3, -0.25) is 4.79 Å². The van der Waals surface area contributed by atoms with Gasteiger partial charge < -0.3 is 10.7 Å². The van der Waals surface area contributed by atoms with Crippen LogP contribution < -0.4 is 10.7 Å². The number of benzene rings is 2. The Morgan fingerprint density at radius 1 is 1.22 bits per heavy atom. The van der Waals surface area contributed by atoms with Gasteiger partial charge in [0.2, 0.25) is 11.1 Å². The van der Waals surface area contributed by atoms with Crippen LogP contribution in [0.5, 0.6) is 0 Å². The second kappa shape index (κ2) is 7.21. The molecule has 0 spiro atoms. The molecule has 6 nitrogen and oxygen atoms in total. The zero-order chi connectivity index (χ0) is 19.0. The summed E-state index contributed by atoms with van der Waals surface area (Å²) in [4.78, 5) is 13.0. The van der Waals surface area contributed by atoms with E-state index in [1.165, 1.54) is 23.9 Å². The van der Waals surface area contributed by atoms with E-state index in [1.807, 2.05) is 6.92 Å². The Hall–Kier alpha value is -2.58. The number of hydrogen-bond donors (Lipinski definition) is 2. The number of aromatic nitrogens is 3. The van der Waals surface area contributed by atoms with Gasteiger partial charge in [-0.15, -0.1) is 10.2 Å². The van der Waals surface area contributed by atoms with Crippen LogP contribution in [0, 0.1) is 12.7 Å². The molecule has 1 aromatic heterocycles. The highest BCUT2D eigenvalue weighted by atomic mass is 35.5. The van der Waals surface area contributed by atoms with Gasteiger partial charge in [0.15, 0.2) is 0 Å². The molecule has 0 aliphatic carbocycles. The molecule has 0 unspecified atom stereocenters. The highest BCUT2D eigenvalue weighted by Crippen LogP contribution is 2.37. The molecule has 2 heterocycles. The van der Waals surface area contributed by atoms with Gasteiger partial charge >= 0.3 is 0 Å². The first kappa shape index (κ1) is 17.8. The van der Waals surface area contributed by atoms with Crippen LogP contribution in [0.15, 0.2) is 53.7 Å². The molecule has 1 aliphatic rings. The molecule has 0 fully saturated rings. The van der Waals surface area contributed by atoms with Crippen molar-refractivity contribution in [2.75, 3.05) is 10.7 Å². The summed E-state index contributed by atoms with van der Waals surface area (Å²) in [6.07, 6.45) is 0. The van der Waals surface area contributed by atoms with Gasteiger partial charge in [-0.2, -0.15) is 0 Å². The molecule has 2 atom stereocenters. The van der Waals surface area contributed by atoms with Gasteiger partial charge in [0.25, 0.3) is 0 Å². The Kier molecular flexibility index (Phi) is 4.75. The number of carbonyl (C=O) groups is 1. The average Bonchev–Trinajstić information content (AvgIpc) is 3.03. The smallest absolute Gasteiger partial charge is 0.240 e. The maximum atomic E-state index is 13.4. The molecule has 0 bridgehead atoms. The molecule has 2 aromatic carbocycles. The number of carbonyl (C=O) groups excluding carboxylic acids is 1. The molecular weight excluding hydrogens is 389 g/mol. The summed E-state index contributed by atoms with van der Waals surface area (Å²) in [5.41, 5.74) is 4.58. The number of nitrogens with zero attached hydrogens (tertiary/aromatic N) is 3. The molecule has 3 aromatic rings. The molecule has 1 aliphatic heterocycles. The van der Waals surface area contributed by atoms with Crippen molar-refractivity contribution in [3.8, 4) is 0 Å². The lowest BCUT2D eigenvalue weighted by Crippen LogP contribution is -2.41. The summed E-state index contributed by atoms with van der Waals surface area (Å²) in [6, 6.07) is 12.7.